The summed E-state index contributed by atoms with van der Waals surface area (Å²) in [5.74, 6) is 0. The molecule has 0 radical (unpaired) electrons. The minimum absolute atomic E-state index is 0.627. The first-order valence-electron chi connectivity index (χ1n) is 7.18. The number of aliphatic hydroxyl groups is 8. The molecule has 0 aliphatic carbocycles. The predicted octanol–water partition coefficient (Wildman–Crippen LogP) is -5.82. The zero-order valence-corrected chi connectivity index (χ0v) is 12.1. The standard InChI is InChI=1S/C12H23NO10/c14-1-3-5(16)7(18)9(20)11(22-3)13-12-10(21)8(19)6(17)4(2-15)23-12/h3-21H,1-2H2/t3-,4-,5-,6-,7+,8+,9-,10-,11?,12?/m1/s1. The molecule has 0 saturated carbocycles. The van der Waals surface area contributed by atoms with Crippen molar-refractivity contribution >= 4 is 0 Å². The Hall–Kier alpha value is -0.440. The molecule has 2 aliphatic heterocycles. The molecule has 0 aromatic carbocycles. The van der Waals surface area contributed by atoms with Crippen LogP contribution in [0.5, 0.6) is 0 Å². The normalized spacial score (nSPS) is 51.7. The number of nitrogens with one attached hydrogen (secondary N) is 1. The maximum Gasteiger partial charge on any atom is 0.139 e. The lowest BCUT2D eigenvalue weighted by Crippen LogP contribution is -2.68. The highest BCUT2D eigenvalue weighted by Gasteiger charge is 2.48. The van der Waals surface area contributed by atoms with Crippen LogP contribution in [0.15, 0.2) is 0 Å². The molecule has 0 bridgehead atoms. The Morgan fingerprint density at radius 3 is 1.22 bits per heavy atom. The van der Waals surface area contributed by atoms with E-state index in [0.717, 1.165) is 0 Å². The molecule has 2 rings (SSSR count). The van der Waals surface area contributed by atoms with Gasteiger partial charge in [0.25, 0.3) is 0 Å². The molecule has 2 saturated heterocycles. The van der Waals surface area contributed by atoms with Crippen LogP contribution in [-0.4, -0.2) is 115 Å². The van der Waals surface area contributed by atoms with Crippen molar-refractivity contribution in [3.8, 4) is 0 Å². The highest BCUT2D eigenvalue weighted by molar-refractivity contribution is 4.95. The van der Waals surface area contributed by atoms with Crippen LogP contribution in [0.3, 0.4) is 0 Å². The third-order valence-corrected chi connectivity index (χ3v) is 4.11. The van der Waals surface area contributed by atoms with Gasteiger partial charge in [-0.15, -0.1) is 0 Å². The van der Waals surface area contributed by atoms with E-state index in [-0.39, 0.29) is 0 Å². The van der Waals surface area contributed by atoms with Gasteiger partial charge in [-0.2, -0.15) is 0 Å². The second-order valence-corrected chi connectivity index (χ2v) is 5.67. The maximum absolute atomic E-state index is 9.90. The Kier molecular flexibility index (Phi) is 6.27. The molecule has 2 aliphatic rings. The van der Waals surface area contributed by atoms with Crippen molar-refractivity contribution in [2.45, 2.75) is 61.3 Å². The quantitative estimate of drug-likeness (QED) is 0.236. The fourth-order valence-electron chi connectivity index (χ4n) is 2.64. The van der Waals surface area contributed by atoms with E-state index in [4.69, 9.17) is 19.7 Å². The van der Waals surface area contributed by atoms with Crippen LogP contribution in [0.2, 0.25) is 0 Å². The van der Waals surface area contributed by atoms with E-state index in [1.807, 2.05) is 0 Å². The van der Waals surface area contributed by atoms with E-state index in [1.165, 1.54) is 0 Å². The predicted molar refractivity (Wildman–Crippen MR) is 70.7 cm³/mol. The topological polar surface area (TPSA) is 192 Å². The molecule has 23 heavy (non-hydrogen) atoms. The van der Waals surface area contributed by atoms with Gasteiger partial charge in [-0.25, -0.2) is 0 Å². The Morgan fingerprint density at radius 1 is 0.565 bits per heavy atom. The fraction of sp³-hybridized carbons (Fsp3) is 1.00. The lowest BCUT2D eigenvalue weighted by Gasteiger charge is -2.45. The van der Waals surface area contributed by atoms with Crippen molar-refractivity contribution in [1.29, 1.82) is 0 Å². The Bertz CT molecular complexity index is 349. The second kappa shape index (κ2) is 7.63. The van der Waals surface area contributed by atoms with Crippen LogP contribution in [0, 0.1) is 0 Å². The molecule has 0 spiro atoms. The van der Waals surface area contributed by atoms with E-state index in [2.05, 4.69) is 5.32 Å². The first-order chi connectivity index (χ1) is 10.8. The first-order valence-corrected chi connectivity index (χ1v) is 7.18. The van der Waals surface area contributed by atoms with Crippen LogP contribution in [-0.2, 0) is 9.47 Å². The minimum atomic E-state index is -1.62. The summed E-state index contributed by atoms with van der Waals surface area (Å²) in [5, 5.41) is 79.2. The van der Waals surface area contributed by atoms with E-state index in [0.29, 0.717) is 0 Å². The Labute approximate surface area is 131 Å². The fourth-order valence-corrected chi connectivity index (χ4v) is 2.64. The number of aliphatic hydroxyl groups excluding tert-OH is 8. The average molecular weight is 341 g/mol. The molecule has 136 valence electrons. The number of rotatable bonds is 4. The number of hydrogen-bond donors (Lipinski definition) is 9. The van der Waals surface area contributed by atoms with Gasteiger partial charge < -0.3 is 50.3 Å². The monoisotopic (exact) mass is 341 g/mol. The molecule has 0 amide bonds. The lowest BCUT2D eigenvalue weighted by atomic mass is 9.96. The van der Waals surface area contributed by atoms with Gasteiger partial charge in [0, 0.05) is 0 Å². The summed E-state index contributed by atoms with van der Waals surface area (Å²) < 4.78 is 10.4. The van der Waals surface area contributed by atoms with E-state index >= 15 is 0 Å². The largest absolute Gasteiger partial charge is 0.394 e. The SMILES string of the molecule is OC[C@H]1OC(NC2O[C@H](CO)[C@@H](O)[C@H](O)[C@H]2O)[C@H](O)[C@@H](O)[C@@H]1O. The Morgan fingerprint density at radius 2 is 0.913 bits per heavy atom. The van der Waals surface area contributed by atoms with E-state index in [1.54, 1.807) is 0 Å². The van der Waals surface area contributed by atoms with Crippen LogP contribution in [0.4, 0.5) is 0 Å². The average Bonchev–Trinajstić information content (AvgIpc) is 2.55. The van der Waals surface area contributed by atoms with Crippen molar-refractivity contribution in [2.24, 2.45) is 0 Å². The summed E-state index contributed by atoms with van der Waals surface area (Å²) in [7, 11) is 0. The van der Waals surface area contributed by atoms with Crippen LogP contribution < -0.4 is 5.32 Å². The molecule has 2 heterocycles. The smallest absolute Gasteiger partial charge is 0.139 e. The molecular weight excluding hydrogens is 318 g/mol. The second-order valence-electron chi connectivity index (χ2n) is 5.67. The summed E-state index contributed by atoms with van der Waals surface area (Å²) >= 11 is 0. The van der Waals surface area contributed by atoms with Gasteiger partial charge in [0.1, 0.15) is 61.3 Å². The summed E-state index contributed by atoms with van der Waals surface area (Å²) in [6.07, 6.45) is -14.5. The van der Waals surface area contributed by atoms with Crippen LogP contribution in [0.1, 0.15) is 0 Å². The highest BCUT2D eigenvalue weighted by Crippen LogP contribution is 2.24. The van der Waals surface area contributed by atoms with Gasteiger partial charge >= 0.3 is 0 Å². The molecule has 10 atom stereocenters. The van der Waals surface area contributed by atoms with Crippen molar-refractivity contribution < 1.29 is 50.3 Å². The lowest BCUT2D eigenvalue weighted by molar-refractivity contribution is -0.274. The summed E-state index contributed by atoms with van der Waals surface area (Å²) in [6, 6.07) is 0. The van der Waals surface area contributed by atoms with Crippen molar-refractivity contribution in [2.75, 3.05) is 13.2 Å². The van der Waals surface area contributed by atoms with Gasteiger partial charge in [-0.1, -0.05) is 0 Å². The zero-order valence-electron chi connectivity index (χ0n) is 12.1. The highest BCUT2D eigenvalue weighted by atomic mass is 16.6. The molecule has 11 nitrogen and oxygen atoms in total. The zero-order chi connectivity index (χ0) is 17.3. The van der Waals surface area contributed by atoms with Gasteiger partial charge in [0.15, 0.2) is 0 Å². The van der Waals surface area contributed by atoms with Crippen LogP contribution in [0.25, 0.3) is 0 Å². The summed E-state index contributed by atoms with van der Waals surface area (Å²) in [6.45, 7) is -1.25. The molecule has 2 fully saturated rings. The molecule has 11 heteroatoms. The number of ether oxygens (including phenoxy) is 2. The number of hydrogen-bond acceptors (Lipinski definition) is 11. The molecule has 2 unspecified atom stereocenters. The minimum Gasteiger partial charge on any atom is -0.394 e. The van der Waals surface area contributed by atoms with Gasteiger partial charge in [0.05, 0.1) is 13.2 Å². The van der Waals surface area contributed by atoms with Gasteiger partial charge in [-0.05, 0) is 0 Å². The van der Waals surface area contributed by atoms with Gasteiger partial charge in [0.2, 0.25) is 0 Å². The molecule has 0 aromatic heterocycles. The molecule has 0 aromatic rings. The van der Waals surface area contributed by atoms with Crippen molar-refractivity contribution in [1.82, 2.24) is 5.32 Å². The van der Waals surface area contributed by atoms with E-state index < -0.39 is 74.5 Å². The summed E-state index contributed by atoms with van der Waals surface area (Å²) in [5.41, 5.74) is 0. The van der Waals surface area contributed by atoms with Gasteiger partial charge in [-0.3, -0.25) is 5.32 Å². The Balaban J connectivity index is 2.07. The maximum atomic E-state index is 9.90. The van der Waals surface area contributed by atoms with Crippen molar-refractivity contribution in [3.05, 3.63) is 0 Å². The van der Waals surface area contributed by atoms with E-state index in [9.17, 15) is 30.6 Å². The molecular formula is C12H23NO10. The third kappa shape index (κ3) is 3.65. The first kappa shape index (κ1) is 18.9. The third-order valence-electron chi connectivity index (χ3n) is 4.11. The van der Waals surface area contributed by atoms with Crippen molar-refractivity contribution in [3.63, 3.8) is 0 Å². The summed E-state index contributed by atoms with van der Waals surface area (Å²) in [4.78, 5) is 0. The van der Waals surface area contributed by atoms with Crippen LogP contribution >= 0.6 is 0 Å². The molecule has 9 N–H and O–H groups in total.